The molecule has 2 N–H and O–H groups in total. The van der Waals surface area contributed by atoms with Gasteiger partial charge in [0.25, 0.3) is 0 Å². The summed E-state index contributed by atoms with van der Waals surface area (Å²) in [4.78, 5) is 29.8. The predicted octanol–water partition coefficient (Wildman–Crippen LogP) is 4.47. The number of ether oxygens (including phenoxy) is 1. The zero-order valence-corrected chi connectivity index (χ0v) is 18.3. The second kappa shape index (κ2) is 10.2. The summed E-state index contributed by atoms with van der Waals surface area (Å²) in [6, 6.07) is 14.4. The maximum absolute atomic E-state index is 12.1. The number of amides is 2. The number of anilines is 1. The van der Waals surface area contributed by atoms with Crippen LogP contribution in [0.2, 0.25) is 5.02 Å². The van der Waals surface area contributed by atoms with E-state index in [9.17, 15) is 9.59 Å². The Bertz CT molecular complexity index is 1020. The Hall–Kier alpha value is -2.90. The highest BCUT2D eigenvalue weighted by molar-refractivity contribution is 7.15. The molecule has 8 heteroatoms. The van der Waals surface area contributed by atoms with Crippen molar-refractivity contribution in [1.82, 2.24) is 10.3 Å². The minimum Gasteiger partial charge on any atom is -0.494 e. The van der Waals surface area contributed by atoms with Crippen LogP contribution >= 0.6 is 22.9 Å². The maximum Gasteiger partial charge on any atom is 0.313 e. The highest BCUT2D eigenvalue weighted by Crippen LogP contribution is 2.29. The van der Waals surface area contributed by atoms with Crippen LogP contribution in [-0.4, -0.2) is 29.9 Å². The number of carbonyl (C=O) groups is 2. The van der Waals surface area contributed by atoms with Gasteiger partial charge in [-0.15, -0.1) is 11.3 Å². The molecule has 0 aliphatic carbocycles. The van der Waals surface area contributed by atoms with Crippen LogP contribution in [0.25, 0.3) is 10.6 Å². The molecule has 2 aromatic carbocycles. The maximum atomic E-state index is 12.1. The third-order valence-electron chi connectivity index (χ3n) is 4.25. The van der Waals surface area contributed by atoms with E-state index >= 15 is 0 Å². The molecule has 6 nitrogen and oxygen atoms in total. The number of halogens is 1. The molecule has 0 fully saturated rings. The molecule has 3 aromatic rings. The number of rotatable bonds is 7. The monoisotopic (exact) mass is 443 g/mol. The van der Waals surface area contributed by atoms with Gasteiger partial charge in [-0.25, -0.2) is 4.98 Å². The Morgan fingerprint density at radius 1 is 1.07 bits per heavy atom. The highest BCUT2D eigenvalue weighted by Gasteiger charge is 2.15. The SMILES string of the molecule is CCOc1ccc(NC(=O)C(=O)NCCc2sc(-c3ccc(Cl)cc3)nc2C)cc1. The van der Waals surface area contributed by atoms with Crippen molar-refractivity contribution in [2.75, 3.05) is 18.5 Å². The quantitative estimate of drug-likeness (QED) is 0.528. The van der Waals surface area contributed by atoms with E-state index in [1.165, 1.54) is 0 Å². The predicted molar refractivity (Wildman–Crippen MR) is 120 cm³/mol. The molecule has 0 atom stereocenters. The Labute approximate surface area is 184 Å². The van der Waals surface area contributed by atoms with Crippen molar-refractivity contribution >= 4 is 40.4 Å². The van der Waals surface area contributed by atoms with Crippen LogP contribution in [0.4, 0.5) is 5.69 Å². The van der Waals surface area contributed by atoms with Gasteiger partial charge in [0.15, 0.2) is 0 Å². The normalized spacial score (nSPS) is 10.5. The van der Waals surface area contributed by atoms with Gasteiger partial charge in [0.1, 0.15) is 10.8 Å². The summed E-state index contributed by atoms with van der Waals surface area (Å²) in [7, 11) is 0. The Morgan fingerprint density at radius 3 is 2.43 bits per heavy atom. The smallest absolute Gasteiger partial charge is 0.313 e. The molecule has 0 bridgehead atoms. The first kappa shape index (κ1) is 21.8. The molecular weight excluding hydrogens is 422 g/mol. The Balaban J connectivity index is 1.50. The molecule has 156 valence electrons. The molecule has 0 saturated carbocycles. The van der Waals surface area contributed by atoms with Gasteiger partial charge < -0.3 is 15.4 Å². The third kappa shape index (κ3) is 5.81. The van der Waals surface area contributed by atoms with Gasteiger partial charge in [-0.3, -0.25) is 9.59 Å². The lowest BCUT2D eigenvalue weighted by Crippen LogP contribution is -2.36. The Morgan fingerprint density at radius 2 is 1.77 bits per heavy atom. The molecular formula is C22H22ClN3O3S. The first-order chi connectivity index (χ1) is 14.5. The van der Waals surface area contributed by atoms with Crippen LogP contribution in [0.1, 0.15) is 17.5 Å². The number of hydrogen-bond donors (Lipinski definition) is 2. The minimum absolute atomic E-state index is 0.346. The van der Waals surface area contributed by atoms with Gasteiger partial charge in [0.05, 0.1) is 12.3 Å². The number of nitrogens with zero attached hydrogens (tertiary/aromatic N) is 1. The van der Waals surface area contributed by atoms with Gasteiger partial charge in [-0.2, -0.15) is 0 Å². The highest BCUT2D eigenvalue weighted by atomic mass is 35.5. The number of aryl methyl sites for hydroxylation is 1. The molecule has 0 aliphatic heterocycles. The van der Waals surface area contributed by atoms with Gasteiger partial charge >= 0.3 is 11.8 Å². The topological polar surface area (TPSA) is 80.3 Å². The molecule has 1 aromatic heterocycles. The summed E-state index contributed by atoms with van der Waals surface area (Å²) in [5, 5.41) is 6.81. The summed E-state index contributed by atoms with van der Waals surface area (Å²) in [5.74, 6) is -0.677. The molecule has 1 heterocycles. The molecule has 3 rings (SSSR count). The minimum atomic E-state index is -0.706. The fourth-order valence-electron chi connectivity index (χ4n) is 2.73. The van der Waals surface area contributed by atoms with Crippen molar-refractivity contribution in [2.45, 2.75) is 20.3 Å². The summed E-state index contributed by atoms with van der Waals surface area (Å²) in [6.07, 6.45) is 0.596. The molecule has 2 amide bonds. The number of benzene rings is 2. The number of aromatic nitrogens is 1. The first-order valence-corrected chi connectivity index (χ1v) is 10.7. The number of nitrogens with one attached hydrogen (secondary N) is 2. The van der Waals surface area contributed by atoms with E-state index in [0.717, 1.165) is 21.1 Å². The van der Waals surface area contributed by atoms with E-state index in [2.05, 4.69) is 15.6 Å². The lowest BCUT2D eigenvalue weighted by molar-refractivity contribution is -0.136. The summed E-state index contributed by atoms with van der Waals surface area (Å²) in [5.41, 5.74) is 2.44. The Kier molecular flexibility index (Phi) is 7.43. The van der Waals surface area contributed by atoms with Crippen LogP contribution in [0, 0.1) is 6.92 Å². The zero-order chi connectivity index (χ0) is 21.5. The van der Waals surface area contributed by atoms with E-state index in [-0.39, 0.29) is 0 Å². The van der Waals surface area contributed by atoms with E-state index in [1.807, 2.05) is 38.1 Å². The van der Waals surface area contributed by atoms with Crippen molar-refractivity contribution in [1.29, 1.82) is 0 Å². The molecule has 0 saturated heterocycles. The van der Waals surface area contributed by atoms with E-state index < -0.39 is 11.8 Å². The van der Waals surface area contributed by atoms with Gasteiger partial charge in [-0.1, -0.05) is 23.7 Å². The third-order valence-corrected chi connectivity index (χ3v) is 5.77. The number of thiazole rings is 1. The van der Waals surface area contributed by atoms with Crippen molar-refractivity contribution in [3.8, 4) is 16.3 Å². The van der Waals surface area contributed by atoms with Crippen molar-refractivity contribution in [3.05, 3.63) is 64.1 Å². The summed E-state index contributed by atoms with van der Waals surface area (Å²) < 4.78 is 5.35. The largest absolute Gasteiger partial charge is 0.494 e. The van der Waals surface area contributed by atoms with Crippen molar-refractivity contribution < 1.29 is 14.3 Å². The molecule has 0 unspecified atom stereocenters. The molecule has 0 radical (unpaired) electrons. The van der Waals surface area contributed by atoms with Gasteiger partial charge in [-0.05, 0) is 50.2 Å². The van der Waals surface area contributed by atoms with E-state index in [4.69, 9.17) is 16.3 Å². The summed E-state index contributed by atoms with van der Waals surface area (Å²) >= 11 is 7.50. The molecule has 30 heavy (non-hydrogen) atoms. The van der Waals surface area contributed by atoms with Crippen LogP contribution in [-0.2, 0) is 16.0 Å². The number of carbonyl (C=O) groups excluding carboxylic acids is 2. The lowest BCUT2D eigenvalue weighted by atomic mass is 10.2. The lowest BCUT2D eigenvalue weighted by Gasteiger charge is -2.07. The molecule has 0 spiro atoms. The van der Waals surface area contributed by atoms with Crippen LogP contribution in [0.5, 0.6) is 5.75 Å². The summed E-state index contributed by atoms with van der Waals surface area (Å²) in [6.45, 7) is 4.74. The molecule has 0 aliphatic rings. The van der Waals surface area contributed by atoms with Gasteiger partial charge in [0, 0.05) is 34.1 Å². The van der Waals surface area contributed by atoms with Crippen LogP contribution in [0.15, 0.2) is 48.5 Å². The van der Waals surface area contributed by atoms with Gasteiger partial charge in [0.2, 0.25) is 0 Å². The van der Waals surface area contributed by atoms with Crippen molar-refractivity contribution in [3.63, 3.8) is 0 Å². The van der Waals surface area contributed by atoms with E-state index in [1.54, 1.807) is 35.6 Å². The average molecular weight is 444 g/mol. The fourth-order valence-corrected chi connectivity index (χ4v) is 3.93. The first-order valence-electron chi connectivity index (χ1n) is 9.50. The second-order valence-corrected chi connectivity index (χ2v) is 7.97. The van der Waals surface area contributed by atoms with E-state index in [0.29, 0.717) is 36.0 Å². The second-order valence-electron chi connectivity index (χ2n) is 6.45. The van der Waals surface area contributed by atoms with Crippen LogP contribution < -0.4 is 15.4 Å². The fraction of sp³-hybridized carbons (Fsp3) is 0.227. The average Bonchev–Trinajstić information content (AvgIpc) is 3.10. The zero-order valence-electron chi connectivity index (χ0n) is 16.7. The number of hydrogen-bond acceptors (Lipinski definition) is 5. The standard InChI is InChI=1S/C22H22ClN3O3S/c1-3-29-18-10-8-17(9-11-18)26-21(28)20(27)24-13-12-19-14(2)25-22(30-19)15-4-6-16(23)7-5-15/h4-11H,3,12-13H2,1-2H3,(H,24,27)(H,26,28). The van der Waals surface area contributed by atoms with Crippen molar-refractivity contribution in [2.24, 2.45) is 0 Å². The van der Waals surface area contributed by atoms with Crippen LogP contribution in [0.3, 0.4) is 0 Å².